The number of hydrogen-bond donors (Lipinski definition) is 2. The van der Waals surface area contributed by atoms with E-state index >= 15 is 0 Å². The Kier molecular flexibility index (Phi) is 6.73. The lowest BCUT2D eigenvalue weighted by atomic mass is 10.1. The first-order valence-electron chi connectivity index (χ1n) is 8.21. The Morgan fingerprint density at radius 3 is 2.56 bits per heavy atom. The van der Waals surface area contributed by atoms with E-state index in [-0.39, 0.29) is 12.3 Å². The van der Waals surface area contributed by atoms with E-state index < -0.39 is 0 Å². The predicted molar refractivity (Wildman–Crippen MR) is 108 cm³/mol. The number of amides is 2. The number of para-hydroxylation sites is 1. The van der Waals surface area contributed by atoms with Gasteiger partial charge in [-0.3, -0.25) is 9.59 Å². The molecule has 0 aliphatic rings. The van der Waals surface area contributed by atoms with Crippen LogP contribution in [0, 0.1) is 13.8 Å². The second kappa shape index (κ2) is 9.00. The van der Waals surface area contributed by atoms with Crippen LogP contribution in [0.5, 0.6) is 0 Å². The highest BCUT2D eigenvalue weighted by Crippen LogP contribution is 2.30. The molecule has 3 N–H and O–H groups in total. The van der Waals surface area contributed by atoms with Gasteiger partial charge in [-0.1, -0.05) is 23.7 Å². The van der Waals surface area contributed by atoms with Crippen molar-refractivity contribution in [2.24, 2.45) is 5.73 Å². The summed E-state index contributed by atoms with van der Waals surface area (Å²) in [4.78, 5) is 24.1. The molecule has 0 saturated carbocycles. The predicted octanol–water partition coefficient (Wildman–Crippen LogP) is 3.87. The van der Waals surface area contributed by atoms with Crippen LogP contribution in [0.3, 0.4) is 0 Å². The normalized spacial score (nSPS) is 9.93. The second-order valence-corrected chi connectivity index (χ2v) is 6.30. The lowest BCUT2D eigenvalue weighted by Gasteiger charge is -2.08. The van der Waals surface area contributed by atoms with Crippen molar-refractivity contribution >= 4 is 29.7 Å². The number of nitrogens with zero attached hydrogens (tertiary/aromatic N) is 2. The number of hydrogen-bond acceptors (Lipinski definition) is 3. The minimum Gasteiger partial charge on any atom is -0.372 e. The zero-order valence-corrected chi connectivity index (χ0v) is 16.1. The van der Waals surface area contributed by atoms with E-state index in [1.807, 2.05) is 44.2 Å². The highest BCUT2D eigenvalue weighted by molar-refractivity contribution is 6.32. The first-order valence-corrected chi connectivity index (χ1v) is 8.59. The third-order valence-corrected chi connectivity index (χ3v) is 4.16. The van der Waals surface area contributed by atoms with Crippen LogP contribution in [0.15, 0.2) is 48.8 Å². The van der Waals surface area contributed by atoms with Gasteiger partial charge in [-0.05, 0) is 49.2 Å². The van der Waals surface area contributed by atoms with Crippen molar-refractivity contribution in [2.45, 2.75) is 20.8 Å². The van der Waals surface area contributed by atoms with E-state index in [4.69, 9.17) is 16.4 Å². The molecule has 0 bridgehead atoms. The molecule has 27 heavy (non-hydrogen) atoms. The van der Waals surface area contributed by atoms with E-state index in [9.17, 15) is 4.79 Å². The second-order valence-electron chi connectivity index (χ2n) is 5.89. The van der Waals surface area contributed by atoms with Gasteiger partial charge in [-0.15, -0.1) is 0 Å². The summed E-state index contributed by atoms with van der Waals surface area (Å²) in [5, 5.41) is 3.43. The smallest absolute Gasteiger partial charge is 0.222 e. The Balaban J connectivity index is 0.000000817. The summed E-state index contributed by atoms with van der Waals surface area (Å²) in [6.45, 7) is 5.51. The van der Waals surface area contributed by atoms with Crippen LogP contribution in [0.1, 0.15) is 18.2 Å². The number of nitrogens with two attached hydrogens (primary N) is 1. The Morgan fingerprint density at radius 1 is 1.26 bits per heavy atom. The molecule has 2 amide bonds. The molecule has 1 aromatic carbocycles. The fourth-order valence-electron chi connectivity index (χ4n) is 2.71. The number of carbonyl (C=O) groups is 2. The number of nitrogens with one attached hydrogen (secondary N) is 1. The van der Waals surface area contributed by atoms with Gasteiger partial charge in [0, 0.05) is 30.6 Å². The highest BCUT2D eigenvalue weighted by Gasteiger charge is 2.11. The number of rotatable bonds is 3. The largest absolute Gasteiger partial charge is 0.372 e. The molecule has 0 saturated heterocycles. The van der Waals surface area contributed by atoms with E-state index in [0.29, 0.717) is 10.8 Å². The maximum absolute atomic E-state index is 11.3. The number of anilines is 1. The monoisotopic (exact) mass is 384 g/mol. The van der Waals surface area contributed by atoms with Crippen LogP contribution in [0.25, 0.3) is 16.8 Å². The summed E-state index contributed by atoms with van der Waals surface area (Å²) in [7, 11) is 0. The van der Waals surface area contributed by atoms with Gasteiger partial charge in [0.1, 0.15) is 5.82 Å². The molecule has 7 heteroatoms. The fraction of sp³-hybridized carbons (Fsp3) is 0.150. The molecule has 0 unspecified atom stereocenters. The van der Waals surface area contributed by atoms with Crippen molar-refractivity contribution < 1.29 is 9.59 Å². The van der Waals surface area contributed by atoms with E-state index in [1.54, 1.807) is 6.20 Å². The lowest BCUT2D eigenvalue weighted by molar-refractivity contribution is -0.114. The standard InChI is InChI=1S/C19H18ClN3O.CH3NO/c1-12-10-21-19(22-14(3)24)9-16(12)15-8-13(2)23(11-15)18-7-5-4-6-17(18)20;2-1-3/h4-11H,1-3H3,(H,21,22,24);1H,(H2,2,3). The van der Waals surface area contributed by atoms with Crippen molar-refractivity contribution in [3.63, 3.8) is 0 Å². The molecule has 0 radical (unpaired) electrons. The van der Waals surface area contributed by atoms with E-state index in [0.717, 1.165) is 28.1 Å². The van der Waals surface area contributed by atoms with Crippen LogP contribution in [-0.4, -0.2) is 21.9 Å². The van der Waals surface area contributed by atoms with E-state index in [1.165, 1.54) is 6.92 Å². The molecular formula is C20H21ClN4O2. The minimum absolute atomic E-state index is 0.137. The van der Waals surface area contributed by atoms with Gasteiger partial charge in [0.05, 0.1) is 10.7 Å². The summed E-state index contributed by atoms with van der Waals surface area (Å²) < 4.78 is 2.07. The average molecular weight is 385 g/mol. The molecule has 2 heterocycles. The highest BCUT2D eigenvalue weighted by atomic mass is 35.5. The number of pyridine rings is 1. The molecule has 3 aromatic rings. The Hall–Kier alpha value is -3.12. The van der Waals surface area contributed by atoms with Gasteiger partial charge in [0.25, 0.3) is 0 Å². The quantitative estimate of drug-likeness (QED) is 0.671. The van der Waals surface area contributed by atoms with Gasteiger partial charge < -0.3 is 15.6 Å². The van der Waals surface area contributed by atoms with Crippen molar-refractivity contribution in [2.75, 3.05) is 5.32 Å². The molecular weight excluding hydrogens is 364 g/mol. The molecule has 140 valence electrons. The summed E-state index contributed by atoms with van der Waals surface area (Å²) in [5.74, 6) is 0.411. The minimum atomic E-state index is -0.137. The Labute approximate surface area is 163 Å². The molecule has 0 aliphatic heterocycles. The van der Waals surface area contributed by atoms with Gasteiger partial charge in [-0.2, -0.15) is 0 Å². The van der Waals surface area contributed by atoms with Crippen LogP contribution >= 0.6 is 11.6 Å². The van der Waals surface area contributed by atoms with Crippen LogP contribution in [-0.2, 0) is 9.59 Å². The van der Waals surface area contributed by atoms with Crippen LogP contribution in [0.2, 0.25) is 5.02 Å². The number of benzene rings is 1. The first-order chi connectivity index (χ1) is 12.9. The molecule has 0 atom stereocenters. The van der Waals surface area contributed by atoms with Gasteiger partial charge in [0.2, 0.25) is 12.3 Å². The number of aromatic nitrogens is 2. The van der Waals surface area contributed by atoms with Crippen molar-refractivity contribution in [1.82, 2.24) is 9.55 Å². The van der Waals surface area contributed by atoms with Gasteiger partial charge >= 0.3 is 0 Å². The first kappa shape index (κ1) is 20.2. The summed E-state index contributed by atoms with van der Waals surface area (Å²) >= 11 is 6.32. The molecule has 0 spiro atoms. The summed E-state index contributed by atoms with van der Waals surface area (Å²) in [6.07, 6.45) is 4.07. The third kappa shape index (κ3) is 4.95. The van der Waals surface area contributed by atoms with E-state index in [2.05, 4.69) is 32.9 Å². The zero-order valence-electron chi connectivity index (χ0n) is 15.4. The molecule has 6 nitrogen and oxygen atoms in total. The number of primary amides is 1. The van der Waals surface area contributed by atoms with Crippen LogP contribution in [0.4, 0.5) is 5.82 Å². The number of aryl methyl sites for hydroxylation is 2. The van der Waals surface area contributed by atoms with Crippen molar-refractivity contribution in [1.29, 1.82) is 0 Å². The van der Waals surface area contributed by atoms with Gasteiger partial charge in [0.15, 0.2) is 0 Å². The Bertz CT molecular complexity index is 966. The summed E-state index contributed by atoms with van der Waals surface area (Å²) in [5.41, 5.74) is 9.31. The van der Waals surface area contributed by atoms with Gasteiger partial charge in [-0.25, -0.2) is 4.98 Å². The Morgan fingerprint density at radius 2 is 1.93 bits per heavy atom. The third-order valence-electron chi connectivity index (χ3n) is 3.84. The van der Waals surface area contributed by atoms with Crippen molar-refractivity contribution in [3.8, 4) is 16.8 Å². The molecule has 3 rings (SSSR count). The average Bonchev–Trinajstić information content (AvgIpc) is 2.99. The SMILES string of the molecule is CC(=O)Nc1cc(-c2cc(C)n(-c3ccccc3Cl)c2)c(C)cn1.NC=O. The summed E-state index contributed by atoms with van der Waals surface area (Å²) in [6, 6.07) is 11.7. The molecule has 0 fully saturated rings. The molecule has 2 aromatic heterocycles. The lowest BCUT2D eigenvalue weighted by Crippen LogP contribution is -2.07. The van der Waals surface area contributed by atoms with Crippen molar-refractivity contribution in [3.05, 3.63) is 65.1 Å². The maximum atomic E-state index is 11.3. The fourth-order valence-corrected chi connectivity index (χ4v) is 2.94. The number of halogens is 1. The van der Waals surface area contributed by atoms with Crippen LogP contribution < -0.4 is 11.1 Å². The maximum Gasteiger partial charge on any atom is 0.222 e. The number of carbonyl (C=O) groups excluding carboxylic acids is 2. The molecule has 0 aliphatic carbocycles. The zero-order chi connectivity index (χ0) is 20.0. The topological polar surface area (TPSA) is 90.0 Å².